The van der Waals surface area contributed by atoms with E-state index in [0.717, 1.165) is 18.2 Å². The molecule has 194 valence electrons. The lowest BCUT2D eigenvalue weighted by atomic mass is 9.88. The van der Waals surface area contributed by atoms with Crippen LogP contribution >= 0.6 is 12.6 Å². The molecular formula is C22H23F3N4O5S2. The number of sulfonamides is 1. The van der Waals surface area contributed by atoms with E-state index in [1.165, 1.54) is 17.6 Å². The van der Waals surface area contributed by atoms with Crippen LogP contribution < -0.4 is 0 Å². The van der Waals surface area contributed by atoms with Crippen LogP contribution in [0.3, 0.4) is 0 Å². The van der Waals surface area contributed by atoms with Gasteiger partial charge < -0.3 is 9.47 Å². The van der Waals surface area contributed by atoms with Gasteiger partial charge in [-0.2, -0.15) is 18.3 Å². The minimum atomic E-state index is -4.78. The minimum absolute atomic E-state index is 0.0747. The first-order chi connectivity index (χ1) is 16.7. The Bertz CT molecular complexity index is 1440. The normalized spacial score (nSPS) is 23.3. The van der Waals surface area contributed by atoms with Crippen molar-refractivity contribution < 1.29 is 35.9 Å². The molecule has 0 bridgehead atoms. The van der Waals surface area contributed by atoms with Crippen molar-refractivity contribution in [3.8, 4) is 0 Å². The number of aryl methyl sites for hydroxylation is 2. The number of hydrogen-bond acceptors (Lipinski definition) is 8. The quantitative estimate of drug-likeness (QED) is 0.388. The van der Waals surface area contributed by atoms with Crippen molar-refractivity contribution in [3.05, 3.63) is 59.0 Å². The van der Waals surface area contributed by atoms with Crippen LogP contribution in [0.25, 0.3) is 5.65 Å². The third-order valence-electron chi connectivity index (χ3n) is 5.97. The fraction of sp³-hybridized carbons (Fsp3) is 0.409. The molecule has 0 amide bonds. The average molecular weight is 545 g/mol. The van der Waals surface area contributed by atoms with Gasteiger partial charge in [0.15, 0.2) is 17.2 Å². The molecule has 14 heteroatoms. The van der Waals surface area contributed by atoms with E-state index >= 15 is 0 Å². The van der Waals surface area contributed by atoms with Gasteiger partial charge in [0.2, 0.25) is 10.0 Å². The van der Waals surface area contributed by atoms with Gasteiger partial charge in [-0.15, -0.1) is 16.9 Å². The summed E-state index contributed by atoms with van der Waals surface area (Å²) in [4.78, 5) is 16.9. The van der Waals surface area contributed by atoms with Crippen molar-refractivity contribution in [1.82, 2.24) is 18.9 Å². The first kappa shape index (κ1) is 26.4. The average Bonchev–Trinajstić information content (AvgIpc) is 3.30. The predicted molar refractivity (Wildman–Crippen MR) is 125 cm³/mol. The second-order valence-electron chi connectivity index (χ2n) is 8.38. The second-order valence-corrected chi connectivity index (χ2v) is 10.7. The first-order valence-electron chi connectivity index (χ1n) is 10.8. The van der Waals surface area contributed by atoms with Gasteiger partial charge in [-0.25, -0.2) is 17.9 Å². The number of carbonyl (C=O) groups excluding carboxylic acids is 1. The van der Waals surface area contributed by atoms with E-state index in [1.54, 1.807) is 26.8 Å². The molecule has 0 aliphatic carbocycles. The SMILES string of the molecule is CCOC(=O)C1N(S(=O)(=O)c2cccc(C(F)(F)F)c2)C(S)OC1(C)c1cnc2cc(C)nn2c1C. The second kappa shape index (κ2) is 9.01. The van der Waals surface area contributed by atoms with E-state index < -0.39 is 49.8 Å². The number of halogens is 3. The molecule has 3 aromatic rings. The van der Waals surface area contributed by atoms with Gasteiger partial charge in [-0.3, -0.25) is 4.79 Å². The lowest BCUT2D eigenvalue weighted by Crippen LogP contribution is -2.51. The molecule has 3 atom stereocenters. The highest BCUT2D eigenvalue weighted by atomic mass is 32.2. The number of benzene rings is 1. The Morgan fingerprint density at radius 2 is 1.97 bits per heavy atom. The zero-order valence-electron chi connectivity index (χ0n) is 19.6. The first-order valence-corrected chi connectivity index (χ1v) is 12.7. The Balaban J connectivity index is 1.89. The number of ether oxygens (including phenoxy) is 2. The highest BCUT2D eigenvalue weighted by Crippen LogP contribution is 2.46. The Hall–Kier alpha value is -2.68. The Labute approximate surface area is 210 Å². The Morgan fingerprint density at radius 3 is 2.61 bits per heavy atom. The van der Waals surface area contributed by atoms with Crippen LogP contribution in [-0.2, 0) is 36.1 Å². The fourth-order valence-corrected chi connectivity index (χ4v) is 6.67. The third kappa shape index (κ3) is 4.25. The topological polar surface area (TPSA) is 103 Å². The maximum absolute atomic E-state index is 13.7. The lowest BCUT2D eigenvalue weighted by Gasteiger charge is -2.32. The van der Waals surface area contributed by atoms with E-state index in [4.69, 9.17) is 9.47 Å². The zero-order chi connectivity index (χ0) is 26.6. The maximum Gasteiger partial charge on any atom is 0.416 e. The summed E-state index contributed by atoms with van der Waals surface area (Å²) in [5.41, 5.74) is -2.30. The molecule has 0 N–H and O–H groups in total. The van der Waals surface area contributed by atoms with Crippen LogP contribution in [-0.4, -0.2) is 51.5 Å². The molecule has 4 rings (SSSR count). The number of hydrogen-bond donors (Lipinski definition) is 1. The van der Waals surface area contributed by atoms with Crippen molar-refractivity contribution in [2.75, 3.05) is 6.61 Å². The van der Waals surface area contributed by atoms with Crippen LogP contribution in [0.1, 0.15) is 36.4 Å². The van der Waals surface area contributed by atoms with Crippen LogP contribution in [0.2, 0.25) is 0 Å². The molecular weight excluding hydrogens is 521 g/mol. The van der Waals surface area contributed by atoms with Gasteiger partial charge in [-0.05, 0) is 45.9 Å². The summed E-state index contributed by atoms with van der Waals surface area (Å²) >= 11 is 4.26. The smallest absolute Gasteiger partial charge is 0.416 e. The number of thiol groups is 1. The number of alkyl halides is 3. The van der Waals surface area contributed by atoms with E-state index in [0.29, 0.717) is 33.0 Å². The van der Waals surface area contributed by atoms with Crippen LogP contribution in [0.5, 0.6) is 0 Å². The summed E-state index contributed by atoms with van der Waals surface area (Å²) < 4.78 is 80.5. The van der Waals surface area contributed by atoms with Gasteiger partial charge in [-0.1, -0.05) is 6.07 Å². The monoisotopic (exact) mass is 544 g/mol. The van der Waals surface area contributed by atoms with Gasteiger partial charge in [0, 0.05) is 23.5 Å². The summed E-state index contributed by atoms with van der Waals surface area (Å²) in [5.74, 6) is -0.955. The van der Waals surface area contributed by atoms with E-state index in [2.05, 4.69) is 22.7 Å². The Morgan fingerprint density at radius 1 is 1.28 bits per heavy atom. The molecule has 2 aromatic heterocycles. The van der Waals surface area contributed by atoms with E-state index in [9.17, 15) is 26.4 Å². The van der Waals surface area contributed by atoms with E-state index in [-0.39, 0.29) is 6.61 Å². The van der Waals surface area contributed by atoms with Gasteiger partial charge in [0.1, 0.15) is 5.60 Å². The molecule has 0 spiro atoms. The molecule has 3 unspecified atom stereocenters. The zero-order valence-corrected chi connectivity index (χ0v) is 21.4. The van der Waals surface area contributed by atoms with Crippen LogP contribution in [0.15, 0.2) is 41.4 Å². The van der Waals surface area contributed by atoms with Gasteiger partial charge in [0.25, 0.3) is 0 Å². The summed E-state index contributed by atoms with van der Waals surface area (Å²) in [6, 6.07) is 3.34. The number of esters is 1. The van der Waals surface area contributed by atoms with Gasteiger partial charge in [0.05, 0.1) is 22.8 Å². The number of aromatic nitrogens is 3. The summed E-state index contributed by atoms with van der Waals surface area (Å²) in [7, 11) is -4.73. The van der Waals surface area contributed by atoms with Crippen molar-refractivity contribution in [1.29, 1.82) is 0 Å². The molecule has 3 heterocycles. The molecule has 1 aliphatic heterocycles. The number of rotatable bonds is 5. The molecule has 0 radical (unpaired) electrons. The van der Waals surface area contributed by atoms with Crippen molar-refractivity contribution >= 4 is 34.3 Å². The van der Waals surface area contributed by atoms with Gasteiger partial charge >= 0.3 is 12.1 Å². The molecule has 0 saturated carbocycles. The van der Waals surface area contributed by atoms with Crippen molar-refractivity contribution in [3.63, 3.8) is 0 Å². The maximum atomic E-state index is 13.7. The number of nitrogens with zero attached hydrogens (tertiary/aromatic N) is 4. The van der Waals surface area contributed by atoms with Crippen LogP contribution in [0.4, 0.5) is 13.2 Å². The highest BCUT2D eigenvalue weighted by molar-refractivity contribution is 7.90. The third-order valence-corrected chi connectivity index (χ3v) is 8.29. The molecule has 1 aliphatic rings. The summed E-state index contributed by atoms with van der Waals surface area (Å²) in [6.45, 7) is 6.42. The van der Waals surface area contributed by atoms with E-state index in [1.807, 2.05) is 0 Å². The molecule has 1 fully saturated rings. The largest absolute Gasteiger partial charge is 0.465 e. The fourth-order valence-electron chi connectivity index (χ4n) is 4.33. The lowest BCUT2D eigenvalue weighted by molar-refractivity contribution is -0.151. The molecule has 36 heavy (non-hydrogen) atoms. The summed E-state index contributed by atoms with van der Waals surface area (Å²) in [5, 5.41) is 4.37. The van der Waals surface area contributed by atoms with Crippen molar-refractivity contribution in [2.24, 2.45) is 0 Å². The molecule has 1 saturated heterocycles. The molecule has 9 nitrogen and oxygen atoms in total. The highest BCUT2D eigenvalue weighted by Gasteiger charge is 2.60. The Kier molecular flexibility index (Phi) is 6.60. The summed E-state index contributed by atoms with van der Waals surface area (Å²) in [6.07, 6.45) is -3.33. The van der Waals surface area contributed by atoms with Crippen LogP contribution in [0, 0.1) is 13.8 Å². The predicted octanol–water partition coefficient (Wildman–Crippen LogP) is 3.45. The minimum Gasteiger partial charge on any atom is -0.465 e. The molecule has 1 aromatic carbocycles. The standard InChI is InChI=1S/C22H23F3N4O5S2/c1-5-33-19(30)18-21(4,16-11-26-17-9-12(2)27-28(17)13(16)3)34-20(35)29(18)36(31,32)15-8-6-7-14(10-15)22(23,24)25/h6-11,18,20,35H,5H2,1-4H3. The number of fused-ring (bicyclic) bond motifs is 1. The number of carbonyl (C=O) groups is 1. The van der Waals surface area contributed by atoms with Crippen molar-refractivity contribution in [2.45, 2.75) is 56.0 Å².